The Morgan fingerprint density at radius 2 is 2.17 bits per heavy atom. The molecule has 0 aliphatic carbocycles. The van der Waals surface area contributed by atoms with E-state index >= 15 is 0 Å². The monoisotopic (exact) mass is 368 g/mol. The standard InChI is InChI=1S/C17H18Cl2N2O3/c1-9-12(7-20)15(11-5-4-10(18)6-13(11)19)17(2,16(22)23)14(21-9)8-24-3/h4-6,14-15,21H,8H2,1-3H3,(H,22,23). The molecule has 0 saturated carbocycles. The summed E-state index contributed by atoms with van der Waals surface area (Å²) in [6.45, 7) is 3.53. The molecule has 1 heterocycles. The van der Waals surface area contributed by atoms with Crippen molar-refractivity contribution >= 4 is 29.2 Å². The van der Waals surface area contributed by atoms with Crippen LogP contribution in [0.2, 0.25) is 10.0 Å². The molecule has 0 saturated heterocycles. The first-order valence-corrected chi connectivity index (χ1v) is 8.07. The van der Waals surface area contributed by atoms with Crippen molar-refractivity contribution in [2.24, 2.45) is 5.41 Å². The molecule has 0 fully saturated rings. The molecule has 0 radical (unpaired) electrons. The first kappa shape index (κ1) is 18.6. The van der Waals surface area contributed by atoms with E-state index in [0.29, 0.717) is 26.9 Å². The van der Waals surface area contributed by atoms with Gasteiger partial charge in [-0.15, -0.1) is 0 Å². The van der Waals surface area contributed by atoms with Gasteiger partial charge in [0.25, 0.3) is 0 Å². The third kappa shape index (κ3) is 2.98. The van der Waals surface area contributed by atoms with Gasteiger partial charge < -0.3 is 15.2 Å². The fourth-order valence-corrected chi connectivity index (χ4v) is 3.74. The van der Waals surface area contributed by atoms with Crippen LogP contribution < -0.4 is 5.32 Å². The molecule has 1 aliphatic heterocycles. The summed E-state index contributed by atoms with van der Waals surface area (Å²) in [6.07, 6.45) is 0. The Bertz CT molecular complexity index is 742. The average Bonchev–Trinajstić information content (AvgIpc) is 2.51. The van der Waals surface area contributed by atoms with Crippen LogP contribution in [0.4, 0.5) is 0 Å². The van der Waals surface area contributed by atoms with Crippen molar-refractivity contribution in [3.8, 4) is 6.07 Å². The molecule has 0 aromatic heterocycles. The molecular weight excluding hydrogens is 351 g/mol. The van der Waals surface area contributed by atoms with Crippen LogP contribution in [0, 0.1) is 16.7 Å². The number of ether oxygens (including phenoxy) is 1. The molecule has 24 heavy (non-hydrogen) atoms. The molecule has 0 bridgehead atoms. The summed E-state index contributed by atoms with van der Waals surface area (Å²) in [5.74, 6) is -1.75. The van der Waals surface area contributed by atoms with Crippen LogP contribution in [0.15, 0.2) is 29.5 Å². The predicted molar refractivity (Wildman–Crippen MR) is 92.1 cm³/mol. The molecule has 0 spiro atoms. The van der Waals surface area contributed by atoms with E-state index in [1.807, 2.05) is 0 Å². The van der Waals surface area contributed by atoms with Gasteiger partial charge in [-0.2, -0.15) is 5.26 Å². The number of carbonyl (C=O) groups is 1. The number of rotatable bonds is 4. The van der Waals surface area contributed by atoms with Gasteiger partial charge in [0.05, 0.1) is 29.7 Å². The van der Waals surface area contributed by atoms with Gasteiger partial charge in [0, 0.05) is 28.8 Å². The maximum Gasteiger partial charge on any atom is 0.312 e. The van der Waals surface area contributed by atoms with Crippen LogP contribution in [-0.2, 0) is 9.53 Å². The molecule has 1 aromatic carbocycles. The van der Waals surface area contributed by atoms with E-state index in [1.165, 1.54) is 7.11 Å². The van der Waals surface area contributed by atoms with Crippen LogP contribution in [0.3, 0.4) is 0 Å². The lowest BCUT2D eigenvalue weighted by Gasteiger charge is -2.45. The molecule has 7 heteroatoms. The third-order valence-corrected chi connectivity index (χ3v) is 5.16. The molecule has 1 aliphatic rings. The van der Waals surface area contributed by atoms with E-state index < -0.39 is 23.3 Å². The van der Waals surface area contributed by atoms with Crippen LogP contribution in [0.25, 0.3) is 0 Å². The van der Waals surface area contributed by atoms with Gasteiger partial charge in [-0.05, 0) is 31.5 Å². The van der Waals surface area contributed by atoms with Crippen molar-refractivity contribution in [2.75, 3.05) is 13.7 Å². The van der Waals surface area contributed by atoms with Crippen molar-refractivity contribution in [3.63, 3.8) is 0 Å². The molecule has 5 nitrogen and oxygen atoms in total. The maximum absolute atomic E-state index is 12.2. The van der Waals surface area contributed by atoms with Gasteiger partial charge in [-0.1, -0.05) is 29.3 Å². The number of halogens is 2. The van der Waals surface area contributed by atoms with Crippen LogP contribution in [0.1, 0.15) is 25.3 Å². The number of benzene rings is 1. The number of allylic oxidation sites excluding steroid dienone is 2. The van der Waals surface area contributed by atoms with E-state index in [9.17, 15) is 15.2 Å². The Hall–Kier alpha value is -1.74. The number of nitrogens with zero attached hydrogens (tertiary/aromatic N) is 1. The minimum Gasteiger partial charge on any atom is -0.481 e. The maximum atomic E-state index is 12.2. The molecule has 2 rings (SSSR count). The summed E-state index contributed by atoms with van der Waals surface area (Å²) in [5, 5.41) is 23.5. The van der Waals surface area contributed by atoms with E-state index in [4.69, 9.17) is 27.9 Å². The molecule has 2 N–H and O–H groups in total. The highest BCUT2D eigenvalue weighted by molar-refractivity contribution is 6.35. The van der Waals surface area contributed by atoms with Gasteiger partial charge in [-0.25, -0.2) is 0 Å². The van der Waals surface area contributed by atoms with Crippen molar-refractivity contribution in [1.82, 2.24) is 5.32 Å². The molecular formula is C17H18Cl2N2O3. The first-order chi connectivity index (χ1) is 11.3. The number of nitrogens with one attached hydrogen (secondary N) is 1. The summed E-state index contributed by atoms with van der Waals surface area (Å²) >= 11 is 12.3. The third-order valence-electron chi connectivity index (χ3n) is 4.60. The first-order valence-electron chi connectivity index (χ1n) is 7.32. The fourth-order valence-electron chi connectivity index (χ4n) is 3.22. The van der Waals surface area contributed by atoms with Crippen LogP contribution >= 0.6 is 23.2 Å². The highest BCUT2D eigenvalue weighted by Gasteiger charge is 2.53. The zero-order chi connectivity index (χ0) is 18.1. The highest BCUT2D eigenvalue weighted by atomic mass is 35.5. The smallest absolute Gasteiger partial charge is 0.312 e. The normalized spacial score (nSPS) is 26.7. The second-order valence-electron chi connectivity index (χ2n) is 5.99. The lowest BCUT2D eigenvalue weighted by Crippen LogP contribution is -2.57. The molecule has 1 aromatic rings. The lowest BCUT2D eigenvalue weighted by molar-refractivity contribution is -0.152. The lowest BCUT2D eigenvalue weighted by atomic mass is 9.63. The number of carboxylic acids is 1. The van der Waals surface area contributed by atoms with E-state index in [2.05, 4.69) is 11.4 Å². The zero-order valence-electron chi connectivity index (χ0n) is 13.6. The summed E-state index contributed by atoms with van der Waals surface area (Å²) < 4.78 is 5.19. The predicted octanol–water partition coefficient (Wildman–Crippen LogP) is 3.58. The Morgan fingerprint density at radius 1 is 1.50 bits per heavy atom. The highest BCUT2D eigenvalue weighted by Crippen LogP contribution is 2.49. The Balaban J connectivity index is 2.75. The number of methoxy groups -OCH3 is 1. The molecule has 128 valence electrons. The van der Waals surface area contributed by atoms with Crippen molar-refractivity contribution < 1.29 is 14.6 Å². The van der Waals surface area contributed by atoms with Gasteiger partial charge in [0.2, 0.25) is 0 Å². The second kappa shape index (κ2) is 7.02. The minimum absolute atomic E-state index is 0.181. The van der Waals surface area contributed by atoms with Gasteiger partial charge >= 0.3 is 5.97 Å². The summed E-state index contributed by atoms with van der Waals surface area (Å²) in [7, 11) is 1.51. The van der Waals surface area contributed by atoms with Gasteiger partial charge in [0.15, 0.2) is 0 Å². The van der Waals surface area contributed by atoms with Crippen LogP contribution in [-0.4, -0.2) is 30.8 Å². The number of aliphatic carboxylic acids is 1. The molecule has 0 amide bonds. The quantitative estimate of drug-likeness (QED) is 0.848. The van der Waals surface area contributed by atoms with Crippen molar-refractivity contribution in [2.45, 2.75) is 25.8 Å². The largest absolute Gasteiger partial charge is 0.481 e. The second-order valence-corrected chi connectivity index (χ2v) is 6.83. The molecule has 3 atom stereocenters. The zero-order valence-corrected chi connectivity index (χ0v) is 15.1. The van der Waals surface area contributed by atoms with Crippen LogP contribution in [0.5, 0.6) is 0 Å². The number of hydrogen-bond donors (Lipinski definition) is 2. The van der Waals surface area contributed by atoms with E-state index in [1.54, 1.807) is 32.0 Å². The topological polar surface area (TPSA) is 82.3 Å². The Morgan fingerprint density at radius 3 is 2.67 bits per heavy atom. The average molecular weight is 369 g/mol. The number of hydrogen-bond acceptors (Lipinski definition) is 4. The summed E-state index contributed by atoms with van der Waals surface area (Å²) in [4.78, 5) is 12.2. The Kier molecular flexibility index (Phi) is 5.44. The SMILES string of the molecule is COCC1NC(C)=C(C#N)C(c2ccc(Cl)cc2Cl)C1(C)C(=O)O. The Labute approximate surface area is 150 Å². The molecule has 3 unspecified atom stereocenters. The van der Waals surface area contributed by atoms with E-state index in [0.717, 1.165) is 0 Å². The summed E-state index contributed by atoms with van der Waals surface area (Å²) in [6, 6.07) is 6.49. The van der Waals surface area contributed by atoms with Crippen molar-refractivity contribution in [3.05, 3.63) is 45.1 Å². The van der Waals surface area contributed by atoms with Gasteiger partial charge in [0.1, 0.15) is 0 Å². The van der Waals surface area contributed by atoms with Crippen molar-refractivity contribution in [1.29, 1.82) is 5.26 Å². The van der Waals surface area contributed by atoms with E-state index in [-0.39, 0.29) is 6.61 Å². The summed E-state index contributed by atoms with van der Waals surface area (Å²) in [5.41, 5.74) is 0.202. The van der Waals surface area contributed by atoms with Gasteiger partial charge in [-0.3, -0.25) is 4.79 Å². The number of nitriles is 1. The number of carboxylic acid groups (broad SMARTS) is 1. The fraction of sp³-hybridized carbons (Fsp3) is 0.412. The minimum atomic E-state index is -1.32.